The molecule has 0 aliphatic carbocycles. The van der Waals surface area contributed by atoms with Crippen molar-refractivity contribution >= 4 is 12.1 Å². The third-order valence-electron chi connectivity index (χ3n) is 5.65. The molecule has 0 radical (unpaired) electrons. The summed E-state index contributed by atoms with van der Waals surface area (Å²) in [6.07, 6.45) is -6.81. The molecule has 9 nitrogen and oxygen atoms in total. The minimum atomic E-state index is -4.25. The first-order chi connectivity index (χ1) is 19.0. The molecule has 1 atom stereocenters. The maximum atomic E-state index is 13.0. The summed E-state index contributed by atoms with van der Waals surface area (Å²) in [7, 11) is 1.45. The number of carboxylic acids is 1. The zero-order valence-electron chi connectivity index (χ0n) is 22.9. The van der Waals surface area contributed by atoms with Gasteiger partial charge in [-0.3, -0.25) is 0 Å². The second-order valence-corrected chi connectivity index (χ2v) is 8.82. The van der Waals surface area contributed by atoms with Crippen LogP contribution in [0.25, 0.3) is 0 Å². The van der Waals surface area contributed by atoms with Crippen LogP contribution in [-0.4, -0.2) is 81.0 Å². The van der Waals surface area contributed by atoms with E-state index in [4.69, 9.17) is 23.7 Å². The number of hydrogen-bond acceptors (Lipinski definition) is 7. The first-order valence-electron chi connectivity index (χ1n) is 12.8. The molecule has 0 spiro atoms. The van der Waals surface area contributed by atoms with Crippen molar-refractivity contribution < 1.29 is 51.6 Å². The van der Waals surface area contributed by atoms with Gasteiger partial charge < -0.3 is 33.7 Å². The summed E-state index contributed by atoms with van der Waals surface area (Å²) in [6.45, 7) is 4.02. The van der Waals surface area contributed by atoms with Gasteiger partial charge >= 0.3 is 18.2 Å². The quantitative estimate of drug-likeness (QED) is 0.256. The summed E-state index contributed by atoms with van der Waals surface area (Å²) in [5.41, 5.74) is 1.61. The molecular formula is C28H36F3NO8. The Balaban J connectivity index is 1.96. The third kappa shape index (κ3) is 12.1. The molecule has 1 unspecified atom stereocenters. The molecule has 1 amide bonds. The van der Waals surface area contributed by atoms with E-state index in [0.29, 0.717) is 11.5 Å². The standard InChI is InChI=1S/C28H36F3NO8/c1-4-38-25(26(33)34)19-21-7-9-22(10-8-21)39-17-14-32(13-16-37-15-5-12-28(29,30)31)27(35)40-24-18-20(2)6-11-23(24)36-3/h6-11,18,25H,4-5,12-17,19H2,1-3H3,(H,33,34). The maximum absolute atomic E-state index is 13.0. The van der Waals surface area contributed by atoms with Gasteiger partial charge in [0.2, 0.25) is 0 Å². The number of amides is 1. The van der Waals surface area contributed by atoms with E-state index < -0.39 is 30.8 Å². The Hall–Kier alpha value is -3.51. The number of carbonyl (C=O) groups excluding carboxylic acids is 1. The largest absolute Gasteiger partial charge is 0.493 e. The highest BCUT2D eigenvalue weighted by molar-refractivity contribution is 5.73. The zero-order chi connectivity index (χ0) is 29.5. The highest BCUT2D eigenvalue weighted by Gasteiger charge is 2.26. The Morgan fingerprint density at radius 3 is 2.33 bits per heavy atom. The lowest BCUT2D eigenvalue weighted by atomic mass is 10.1. The molecule has 0 saturated heterocycles. The van der Waals surface area contributed by atoms with Crippen LogP contribution in [0, 0.1) is 6.92 Å². The van der Waals surface area contributed by atoms with Crippen LogP contribution in [0.5, 0.6) is 17.2 Å². The molecule has 2 aromatic rings. The van der Waals surface area contributed by atoms with Crippen molar-refractivity contribution in [2.24, 2.45) is 0 Å². The normalized spacial score (nSPS) is 12.1. The summed E-state index contributed by atoms with van der Waals surface area (Å²) in [6, 6.07) is 12.0. The number of aliphatic carboxylic acids is 1. The predicted molar refractivity (Wildman–Crippen MR) is 140 cm³/mol. The number of nitrogens with zero attached hydrogens (tertiary/aromatic N) is 1. The minimum absolute atomic E-state index is 0.0111. The van der Waals surface area contributed by atoms with Crippen molar-refractivity contribution in [3.05, 3.63) is 53.6 Å². The first-order valence-corrected chi connectivity index (χ1v) is 12.8. The van der Waals surface area contributed by atoms with E-state index in [1.54, 1.807) is 49.4 Å². The SMILES string of the molecule is CCOC(Cc1ccc(OCCN(CCOCCCC(F)(F)F)C(=O)Oc2cc(C)ccc2OC)cc1)C(=O)O. The number of rotatable bonds is 17. The average molecular weight is 572 g/mol. The zero-order valence-corrected chi connectivity index (χ0v) is 22.9. The van der Waals surface area contributed by atoms with Gasteiger partial charge in [-0.1, -0.05) is 18.2 Å². The van der Waals surface area contributed by atoms with E-state index in [9.17, 15) is 27.9 Å². The van der Waals surface area contributed by atoms with Crippen molar-refractivity contribution in [3.63, 3.8) is 0 Å². The molecule has 2 aromatic carbocycles. The third-order valence-corrected chi connectivity index (χ3v) is 5.65. The topological polar surface area (TPSA) is 104 Å². The molecule has 12 heteroatoms. The van der Waals surface area contributed by atoms with Crippen molar-refractivity contribution in [2.45, 2.75) is 45.4 Å². The number of benzene rings is 2. The monoisotopic (exact) mass is 571 g/mol. The van der Waals surface area contributed by atoms with Crippen LogP contribution >= 0.6 is 0 Å². The fourth-order valence-electron chi connectivity index (χ4n) is 3.60. The van der Waals surface area contributed by atoms with E-state index >= 15 is 0 Å². The van der Waals surface area contributed by atoms with E-state index in [1.807, 2.05) is 6.92 Å². The van der Waals surface area contributed by atoms with Gasteiger partial charge in [0.15, 0.2) is 17.6 Å². The van der Waals surface area contributed by atoms with Crippen LogP contribution in [0.1, 0.15) is 30.9 Å². The van der Waals surface area contributed by atoms with Crippen molar-refractivity contribution in [2.75, 3.05) is 46.6 Å². The van der Waals surface area contributed by atoms with Crippen LogP contribution in [0.15, 0.2) is 42.5 Å². The smallest absolute Gasteiger partial charge is 0.415 e. The Labute approximate surface area is 231 Å². The second kappa shape index (κ2) is 16.6. The van der Waals surface area contributed by atoms with Gasteiger partial charge in [0.05, 0.1) is 20.3 Å². The van der Waals surface area contributed by atoms with Gasteiger partial charge in [-0.2, -0.15) is 13.2 Å². The molecule has 0 bridgehead atoms. The van der Waals surface area contributed by atoms with Gasteiger partial charge in [0, 0.05) is 32.6 Å². The Morgan fingerprint density at radius 1 is 1.00 bits per heavy atom. The molecule has 40 heavy (non-hydrogen) atoms. The minimum Gasteiger partial charge on any atom is -0.493 e. The number of alkyl halides is 3. The van der Waals surface area contributed by atoms with Crippen LogP contribution in [0.2, 0.25) is 0 Å². The fraction of sp³-hybridized carbons (Fsp3) is 0.500. The molecule has 222 valence electrons. The van der Waals surface area contributed by atoms with Crippen molar-refractivity contribution in [3.8, 4) is 17.2 Å². The number of aryl methyl sites for hydroxylation is 1. The fourth-order valence-corrected chi connectivity index (χ4v) is 3.60. The van der Waals surface area contributed by atoms with Gasteiger partial charge in [-0.05, 0) is 55.7 Å². The highest BCUT2D eigenvalue weighted by Crippen LogP contribution is 2.28. The number of hydrogen-bond donors (Lipinski definition) is 1. The molecule has 0 heterocycles. The number of carboxylic acid groups (broad SMARTS) is 1. The van der Waals surface area contributed by atoms with Crippen molar-refractivity contribution in [1.82, 2.24) is 4.90 Å². The van der Waals surface area contributed by atoms with Crippen molar-refractivity contribution in [1.29, 1.82) is 0 Å². The lowest BCUT2D eigenvalue weighted by molar-refractivity contribution is -0.150. The lowest BCUT2D eigenvalue weighted by Gasteiger charge is -2.23. The molecular weight excluding hydrogens is 535 g/mol. The molecule has 1 N–H and O–H groups in total. The second-order valence-electron chi connectivity index (χ2n) is 8.82. The predicted octanol–water partition coefficient (Wildman–Crippen LogP) is 5.27. The molecule has 0 saturated carbocycles. The molecule has 0 aromatic heterocycles. The lowest BCUT2D eigenvalue weighted by Crippen LogP contribution is -2.39. The Morgan fingerprint density at radius 2 is 1.70 bits per heavy atom. The van der Waals surface area contributed by atoms with Gasteiger partial charge in [0.1, 0.15) is 12.4 Å². The number of methoxy groups -OCH3 is 1. The number of ether oxygens (including phenoxy) is 5. The van der Waals surface area contributed by atoms with Gasteiger partial charge in [-0.15, -0.1) is 0 Å². The van der Waals surface area contributed by atoms with E-state index in [0.717, 1.165) is 11.1 Å². The van der Waals surface area contributed by atoms with Crippen LogP contribution < -0.4 is 14.2 Å². The summed E-state index contributed by atoms with van der Waals surface area (Å²) < 4.78 is 64.1. The number of carbonyl (C=O) groups is 2. The Kier molecular flexibility index (Phi) is 13.5. The van der Waals surface area contributed by atoms with E-state index in [-0.39, 0.29) is 58.1 Å². The molecule has 0 fully saturated rings. The summed E-state index contributed by atoms with van der Waals surface area (Å²) >= 11 is 0. The molecule has 2 rings (SSSR count). The highest BCUT2D eigenvalue weighted by atomic mass is 19.4. The van der Waals surface area contributed by atoms with Crippen LogP contribution in [-0.2, 0) is 20.7 Å². The molecule has 0 aliphatic rings. The summed E-state index contributed by atoms with van der Waals surface area (Å²) in [4.78, 5) is 25.6. The van der Waals surface area contributed by atoms with E-state index in [2.05, 4.69) is 0 Å². The first kappa shape index (κ1) is 32.7. The molecule has 0 aliphatic heterocycles. The maximum Gasteiger partial charge on any atom is 0.415 e. The van der Waals surface area contributed by atoms with Gasteiger partial charge in [-0.25, -0.2) is 9.59 Å². The number of halogens is 3. The summed E-state index contributed by atoms with van der Waals surface area (Å²) in [5, 5.41) is 9.25. The average Bonchev–Trinajstić information content (AvgIpc) is 2.89. The summed E-state index contributed by atoms with van der Waals surface area (Å²) in [5.74, 6) is 0.0609. The van der Waals surface area contributed by atoms with Crippen LogP contribution in [0.3, 0.4) is 0 Å². The van der Waals surface area contributed by atoms with Gasteiger partial charge in [0.25, 0.3) is 0 Å². The van der Waals surface area contributed by atoms with Crippen LogP contribution in [0.4, 0.5) is 18.0 Å². The Bertz CT molecular complexity index is 1060. The van der Waals surface area contributed by atoms with E-state index in [1.165, 1.54) is 12.0 Å².